The Morgan fingerprint density at radius 2 is 1.81 bits per heavy atom. The number of aromatic nitrogens is 1. The van der Waals surface area contributed by atoms with Crippen molar-refractivity contribution in [2.45, 2.75) is 20.4 Å². The van der Waals surface area contributed by atoms with Crippen molar-refractivity contribution in [1.82, 2.24) is 4.98 Å². The Kier molecular flexibility index (Phi) is 3.96. The molecule has 0 unspecified atom stereocenters. The van der Waals surface area contributed by atoms with Crippen molar-refractivity contribution in [1.29, 1.82) is 0 Å². The van der Waals surface area contributed by atoms with Crippen molar-refractivity contribution in [3.8, 4) is 0 Å². The monoisotopic (exact) mass is 362 g/mol. The van der Waals surface area contributed by atoms with Gasteiger partial charge in [0.25, 0.3) is 0 Å². The maximum absolute atomic E-state index is 6.45. The molecule has 0 fully saturated rings. The van der Waals surface area contributed by atoms with E-state index in [9.17, 15) is 0 Å². The summed E-state index contributed by atoms with van der Waals surface area (Å²) < 4.78 is 1.10. The number of anilines is 1. The van der Waals surface area contributed by atoms with Gasteiger partial charge in [-0.25, -0.2) is 0 Å². The lowest BCUT2D eigenvalue weighted by atomic mass is 10.1. The van der Waals surface area contributed by atoms with Gasteiger partial charge in [-0.3, -0.25) is 0 Å². The molecule has 0 amide bonds. The molecular weight excluding hydrogens is 348 g/mol. The van der Waals surface area contributed by atoms with E-state index in [4.69, 9.17) is 11.6 Å². The standard InChI is InChI=1S/C17H16BrClN2/c1-10-7-12(18)8-11(2)17(10)20-9-15-16(19)13-5-3-4-6-14(13)21-15/h3-8,20-21H,9H2,1-2H3. The summed E-state index contributed by atoms with van der Waals surface area (Å²) in [7, 11) is 0. The minimum atomic E-state index is 0.677. The highest BCUT2D eigenvalue weighted by atomic mass is 79.9. The summed E-state index contributed by atoms with van der Waals surface area (Å²) in [4.78, 5) is 3.38. The Morgan fingerprint density at radius 3 is 2.48 bits per heavy atom. The zero-order valence-corrected chi connectivity index (χ0v) is 14.3. The second-order valence-corrected chi connectivity index (χ2v) is 6.52. The number of hydrogen-bond donors (Lipinski definition) is 2. The molecule has 4 heteroatoms. The van der Waals surface area contributed by atoms with Gasteiger partial charge in [-0.2, -0.15) is 0 Å². The fourth-order valence-electron chi connectivity index (χ4n) is 2.65. The van der Waals surface area contributed by atoms with Gasteiger partial charge in [0, 0.05) is 21.1 Å². The number of aryl methyl sites for hydroxylation is 2. The van der Waals surface area contributed by atoms with Gasteiger partial charge in [0.15, 0.2) is 0 Å². The molecule has 2 aromatic carbocycles. The molecule has 2 nitrogen and oxygen atoms in total. The largest absolute Gasteiger partial charge is 0.379 e. The molecule has 1 heterocycles. The smallest absolute Gasteiger partial charge is 0.0710 e. The first-order valence-electron chi connectivity index (χ1n) is 6.82. The van der Waals surface area contributed by atoms with Crippen molar-refractivity contribution < 1.29 is 0 Å². The molecular formula is C17H16BrClN2. The summed E-state index contributed by atoms with van der Waals surface area (Å²) in [5.41, 5.74) is 5.68. The normalized spacial score (nSPS) is 11.0. The van der Waals surface area contributed by atoms with Crippen molar-refractivity contribution in [3.63, 3.8) is 0 Å². The third-order valence-electron chi connectivity index (χ3n) is 3.65. The van der Waals surface area contributed by atoms with E-state index in [0.717, 1.165) is 31.8 Å². The molecule has 3 aromatic rings. The molecule has 108 valence electrons. The predicted molar refractivity (Wildman–Crippen MR) is 94.3 cm³/mol. The second-order valence-electron chi connectivity index (χ2n) is 5.23. The molecule has 0 atom stereocenters. The summed E-state index contributed by atoms with van der Waals surface area (Å²) in [6.07, 6.45) is 0. The van der Waals surface area contributed by atoms with E-state index in [2.05, 4.69) is 52.2 Å². The van der Waals surface area contributed by atoms with Gasteiger partial charge in [-0.1, -0.05) is 45.7 Å². The number of aromatic amines is 1. The van der Waals surface area contributed by atoms with E-state index in [1.54, 1.807) is 0 Å². The zero-order valence-electron chi connectivity index (χ0n) is 11.9. The predicted octanol–water partition coefficient (Wildman–Crippen LogP) is 5.81. The van der Waals surface area contributed by atoms with Crippen LogP contribution in [0.2, 0.25) is 5.02 Å². The van der Waals surface area contributed by atoms with Gasteiger partial charge in [0.05, 0.1) is 17.3 Å². The number of nitrogens with one attached hydrogen (secondary N) is 2. The number of fused-ring (bicyclic) bond motifs is 1. The quantitative estimate of drug-likeness (QED) is 0.603. The van der Waals surface area contributed by atoms with E-state index >= 15 is 0 Å². The van der Waals surface area contributed by atoms with E-state index in [-0.39, 0.29) is 0 Å². The Labute approximate surface area is 137 Å². The molecule has 0 aliphatic heterocycles. The van der Waals surface area contributed by atoms with Gasteiger partial charge in [-0.15, -0.1) is 0 Å². The average Bonchev–Trinajstić information content (AvgIpc) is 2.75. The Morgan fingerprint density at radius 1 is 1.14 bits per heavy atom. The topological polar surface area (TPSA) is 27.8 Å². The van der Waals surface area contributed by atoms with Crippen molar-refractivity contribution in [2.24, 2.45) is 0 Å². The SMILES string of the molecule is Cc1cc(Br)cc(C)c1NCc1[nH]c2ccccc2c1Cl. The Hall–Kier alpha value is -1.45. The molecule has 0 saturated carbocycles. The van der Waals surface area contributed by atoms with Crippen LogP contribution in [0.1, 0.15) is 16.8 Å². The number of H-pyrrole nitrogens is 1. The second kappa shape index (κ2) is 5.74. The lowest BCUT2D eigenvalue weighted by Crippen LogP contribution is -2.03. The molecule has 0 radical (unpaired) electrons. The van der Waals surface area contributed by atoms with Gasteiger partial charge < -0.3 is 10.3 Å². The van der Waals surface area contributed by atoms with Gasteiger partial charge in [0.1, 0.15) is 0 Å². The molecule has 2 N–H and O–H groups in total. The van der Waals surface area contributed by atoms with Crippen LogP contribution in [0.25, 0.3) is 10.9 Å². The van der Waals surface area contributed by atoms with Gasteiger partial charge in [0.2, 0.25) is 0 Å². The molecule has 1 aromatic heterocycles. The van der Waals surface area contributed by atoms with Crippen LogP contribution in [0.15, 0.2) is 40.9 Å². The number of benzene rings is 2. The summed E-state index contributed by atoms with van der Waals surface area (Å²) in [6, 6.07) is 12.3. The molecule has 0 saturated heterocycles. The van der Waals surface area contributed by atoms with Gasteiger partial charge in [-0.05, 0) is 43.2 Å². The third kappa shape index (κ3) is 2.81. The van der Waals surface area contributed by atoms with E-state index in [0.29, 0.717) is 6.54 Å². The number of halogens is 2. The highest BCUT2D eigenvalue weighted by Gasteiger charge is 2.10. The lowest BCUT2D eigenvalue weighted by Gasteiger charge is -2.13. The highest BCUT2D eigenvalue weighted by Crippen LogP contribution is 2.29. The number of para-hydroxylation sites is 1. The number of rotatable bonds is 3. The van der Waals surface area contributed by atoms with E-state index in [1.807, 2.05) is 24.3 Å². The van der Waals surface area contributed by atoms with Gasteiger partial charge >= 0.3 is 0 Å². The van der Waals surface area contributed by atoms with Crippen LogP contribution >= 0.6 is 27.5 Å². The molecule has 21 heavy (non-hydrogen) atoms. The lowest BCUT2D eigenvalue weighted by molar-refractivity contribution is 1.07. The van der Waals surface area contributed by atoms with Crippen molar-refractivity contribution in [2.75, 3.05) is 5.32 Å². The first-order valence-corrected chi connectivity index (χ1v) is 7.99. The van der Waals surface area contributed by atoms with Crippen LogP contribution < -0.4 is 5.32 Å². The van der Waals surface area contributed by atoms with E-state index in [1.165, 1.54) is 11.1 Å². The number of hydrogen-bond acceptors (Lipinski definition) is 1. The summed E-state index contributed by atoms with van der Waals surface area (Å²) in [6.45, 7) is 4.89. The minimum Gasteiger partial charge on any atom is -0.379 e. The maximum Gasteiger partial charge on any atom is 0.0710 e. The van der Waals surface area contributed by atoms with Crippen LogP contribution in [-0.4, -0.2) is 4.98 Å². The van der Waals surface area contributed by atoms with Crippen LogP contribution in [0, 0.1) is 13.8 Å². The Balaban J connectivity index is 1.89. The molecule has 3 rings (SSSR count). The fourth-order valence-corrected chi connectivity index (χ4v) is 3.62. The molecule has 0 bridgehead atoms. The van der Waals surface area contributed by atoms with Crippen LogP contribution in [0.3, 0.4) is 0 Å². The summed E-state index contributed by atoms with van der Waals surface area (Å²) >= 11 is 9.97. The first-order chi connectivity index (χ1) is 10.1. The molecule has 0 aliphatic rings. The fraction of sp³-hybridized carbons (Fsp3) is 0.176. The highest BCUT2D eigenvalue weighted by molar-refractivity contribution is 9.10. The third-order valence-corrected chi connectivity index (χ3v) is 4.54. The summed E-state index contributed by atoms with van der Waals surface area (Å²) in [5, 5.41) is 5.36. The van der Waals surface area contributed by atoms with Crippen LogP contribution in [0.5, 0.6) is 0 Å². The average molecular weight is 364 g/mol. The first kappa shape index (κ1) is 14.5. The minimum absolute atomic E-state index is 0.677. The molecule has 0 spiro atoms. The van der Waals surface area contributed by atoms with Crippen LogP contribution in [-0.2, 0) is 6.54 Å². The Bertz CT molecular complexity index is 785. The zero-order chi connectivity index (χ0) is 15.0. The molecule has 0 aliphatic carbocycles. The van der Waals surface area contributed by atoms with Crippen molar-refractivity contribution >= 4 is 44.1 Å². The van der Waals surface area contributed by atoms with Crippen molar-refractivity contribution in [3.05, 3.63) is 62.7 Å². The maximum atomic E-state index is 6.45. The van der Waals surface area contributed by atoms with E-state index < -0.39 is 0 Å². The summed E-state index contributed by atoms with van der Waals surface area (Å²) in [5.74, 6) is 0. The van der Waals surface area contributed by atoms with Crippen LogP contribution in [0.4, 0.5) is 5.69 Å².